The van der Waals surface area contributed by atoms with Gasteiger partial charge in [0.1, 0.15) is 5.75 Å². The van der Waals surface area contributed by atoms with Gasteiger partial charge in [-0.1, -0.05) is 17.7 Å². The minimum atomic E-state index is -0.699. The van der Waals surface area contributed by atoms with Crippen molar-refractivity contribution in [2.45, 2.75) is 38.6 Å². The van der Waals surface area contributed by atoms with Gasteiger partial charge in [-0.05, 0) is 72.9 Å². The van der Waals surface area contributed by atoms with Crippen molar-refractivity contribution in [1.82, 2.24) is 10.2 Å². The first kappa shape index (κ1) is 24.1. The molecule has 0 atom stereocenters. The maximum Gasteiger partial charge on any atom is 0.303 e. The minimum Gasteiger partial charge on any atom is -0.495 e. The number of carboxylic acids is 1. The molecule has 5 rings (SSSR count). The zero-order chi connectivity index (χ0) is 25.3. The lowest BCUT2D eigenvalue weighted by atomic mass is 9.57. The Hall–Kier alpha value is -3.57. The highest BCUT2D eigenvalue weighted by Gasteiger charge is 2.46. The van der Waals surface area contributed by atoms with Crippen molar-refractivity contribution in [3.8, 4) is 11.8 Å². The standard InChI is InChI=1S/C27H28ClN5O3/c1-36-23-5-3-18(11-22(23)28)16-30-25-21-10-17(15-29)2-4-20(21)26(32-31-25)33-8-6-27(7-9-33)13-19(14-27)12-24(34)35/h2-5,10-11,19H,6-9,12-14,16H2,1H3,(H,30,31)(H,34,35). The number of rotatable bonds is 7. The Morgan fingerprint density at radius 3 is 2.67 bits per heavy atom. The van der Waals surface area contributed by atoms with Gasteiger partial charge in [0.05, 0.1) is 23.8 Å². The molecule has 2 N–H and O–H groups in total. The number of nitriles is 1. The summed E-state index contributed by atoms with van der Waals surface area (Å²) in [5.41, 5.74) is 1.81. The van der Waals surface area contributed by atoms with Crippen LogP contribution in [0.2, 0.25) is 5.02 Å². The van der Waals surface area contributed by atoms with E-state index in [-0.39, 0.29) is 11.8 Å². The van der Waals surface area contributed by atoms with Gasteiger partial charge < -0.3 is 20.1 Å². The number of anilines is 2. The Labute approximate surface area is 214 Å². The second kappa shape index (κ2) is 9.82. The number of benzene rings is 2. The molecular formula is C27H28ClN5O3. The van der Waals surface area contributed by atoms with E-state index in [0.717, 1.165) is 60.9 Å². The van der Waals surface area contributed by atoms with Crippen LogP contribution in [0.25, 0.3) is 10.8 Å². The van der Waals surface area contributed by atoms with Crippen molar-refractivity contribution in [1.29, 1.82) is 5.26 Å². The van der Waals surface area contributed by atoms with Crippen LogP contribution in [0.3, 0.4) is 0 Å². The molecule has 0 radical (unpaired) electrons. The number of hydrogen-bond acceptors (Lipinski definition) is 7. The molecule has 0 amide bonds. The van der Waals surface area contributed by atoms with E-state index in [1.54, 1.807) is 7.11 Å². The smallest absolute Gasteiger partial charge is 0.303 e. The van der Waals surface area contributed by atoms with Gasteiger partial charge >= 0.3 is 5.97 Å². The summed E-state index contributed by atoms with van der Waals surface area (Å²) >= 11 is 6.27. The minimum absolute atomic E-state index is 0.273. The molecule has 1 spiro atoms. The van der Waals surface area contributed by atoms with Gasteiger partial charge in [-0.3, -0.25) is 4.79 Å². The zero-order valence-electron chi connectivity index (χ0n) is 20.1. The number of nitrogens with one attached hydrogen (secondary N) is 1. The Morgan fingerprint density at radius 1 is 1.22 bits per heavy atom. The largest absolute Gasteiger partial charge is 0.495 e. The Bertz CT molecular complexity index is 1340. The first-order chi connectivity index (χ1) is 17.4. The summed E-state index contributed by atoms with van der Waals surface area (Å²) in [7, 11) is 1.58. The molecular weight excluding hydrogens is 478 g/mol. The highest BCUT2D eigenvalue weighted by Crippen LogP contribution is 2.54. The fraction of sp³-hybridized carbons (Fsp3) is 0.407. The first-order valence-electron chi connectivity index (χ1n) is 12.1. The maximum atomic E-state index is 11.0. The molecule has 1 aliphatic heterocycles. The molecule has 2 aliphatic rings. The first-order valence-corrected chi connectivity index (χ1v) is 12.5. The molecule has 0 bridgehead atoms. The lowest BCUT2D eigenvalue weighted by Crippen LogP contribution is -2.47. The molecule has 0 unspecified atom stereocenters. The van der Waals surface area contributed by atoms with Gasteiger partial charge in [-0.15, -0.1) is 10.2 Å². The molecule has 1 saturated carbocycles. The molecule has 9 heteroatoms. The number of nitrogens with zero attached hydrogens (tertiary/aromatic N) is 4. The number of aromatic nitrogens is 2. The van der Waals surface area contributed by atoms with Crippen LogP contribution in [0.4, 0.5) is 11.6 Å². The topological polar surface area (TPSA) is 111 Å². The summed E-state index contributed by atoms with van der Waals surface area (Å²) in [5.74, 6) is 1.67. The van der Waals surface area contributed by atoms with Crippen molar-refractivity contribution in [3.63, 3.8) is 0 Å². The SMILES string of the molecule is COc1ccc(CNc2nnc(N3CCC4(CC3)CC(CC(=O)O)C4)c3ccc(C#N)cc23)cc1Cl. The number of aliphatic carboxylic acids is 1. The number of methoxy groups -OCH3 is 1. The average molecular weight is 506 g/mol. The third kappa shape index (κ3) is 4.76. The zero-order valence-corrected chi connectivity index (χ0v) is 20.9. The summed E-state index contributed by atoms with van der Waals surface area (Å²) in [6.45, 7) is 2.22. The van der Waals surface area contributed by atoms with Crippen molar-refractivity contribution in [2.24, 2.45) is 11.3 Å². The van der Waals surface area contributed by atoms with Crippen molar-refractivity contribution in [3.05, 3.63) is 52.5 Å². The van der Waals surface area contributed by atoms with E-state index >= 15 is 0 Å². The van der Waals surface area contributed by atoms with Crippen LogP contribution in [0.1, 0.15) is 43.2 Å². The summed E-state index contributed by atoms with van der Waals surface area (Å²) in [4.78, 5) is 13.3. The molecule has 3 aromatic rings. The summed E-state index contributed by atoms with van der Waals surface area (Å²) < 4.78 is 5.23. The van der Waals surface area contributed by atoms with Crippen LogP contribution >= 0.6 is 11.6 Å². The molecule has 8 nitrogen and oxygen atoms in total. The average Bonchev–Trinajstić information content (AvgIpc) is 2.86. The van der Waals surface area contributed by atoms with E-state index < -0.39 is 5.97 Å². The molecule has 1 aromatic heterocycles. The van der Waals surface area contributed by atoms with Crippen LogP contribution in [0, 0.1) is 22.7 Å². The van der Waals surface area contributed by atoms with Crippen LogP contribution in [-0.4, -0.2) is 41.5 Å². The predicted octanol–water partition coefficient (Wildman–Crippen LogP) is 5.25. The summed E-state index contributed by atoms with van der Waals surface area (Å²) in [5, 5.41) is 33.3. The van der Waals surface area contributed by atoms with Crippen LogP contribution < -0.4 is 15.0 Å². The van der Waals surface area contributed by atoms with Crippen LogP contribution in [0.15, 0.2) is 36.4 Å². The summed E-state index contributed by atoms with van der Waals surface area (Å²) in [6, 6.07) is 13.5. The number of carboxylic acid groups (broad SMARTS) is 1. The molecule has 2 heterocycles. The van der Waals surface area contributed by atoms with E-state index in [1.807, 2.05) is 36.4 Å². The van der Waals surface area contributed by atoms with Gasteiger partial charge in [0, 0.05) is 36.8 Å². The molecule has 36 heavy (non-hydrogen) atoms. The van der Waals surface area contributed by atoms with Gasteiger partial charge in [0.2, 0.25) is 0 Å². The molecule has 186 valence electrons. The number of hydrogen-bond donors (Lipinski definition) is 2. The number of ether oxygens (including phenoxy) is 1. The highest BCUT2D eigenvalue weighted by atomic mass is 35.5. The van der Waals surface area contributed by atoms with E-state index in [9.17, 15) is 10.1 Å². The van der Waals surface area contributed by atoms with Gasteiger partial charge in [0.15, 0.2) is 11.6 Å². The van der Waals surface area contributed by atoms with Crippen LogP contribution in [0.5, 0.6) is 5.75 Å². The maximum absolute atomic E-state index is 11.0. The Kier molecular flexibility index (Phi) is 6.59. The number of carbonyl (C=O) groups is 1. The van der Waals surface area contributed by atoms with Crippen molar-refractivity contribution >= 4 is 40.0 Å². The van der Waals surface area contributed by atoms with E-state index in [4.69, 9.17) is 21.4 Å². The third-order valence-electron chi connectivity index (χ3n) is 7.60. The molecule has 2 aromatic carbocycles. The van der Waals surface area contributed by atoms with Crippen molar-refractivity contribution in [2.75, 3.05) is 30.4 Å². The number of fused-ring (bicyclic) bond motifs is 1. The monoisotopic (exact) mass is 505 g/mol. The molecule has 1 aliphatic carbocycles. The lowest BCUT2D eigenvalue weighted by Gasteiger charge is -2.52. The van der Waals surface area contributed by atoms with Crippen LogP contribution in [-0.2, 0) is 11.3 Å². The van der Waals surface area contributed by atoms with E-state index in [1.165, 1.54) is 0 Å². The quantitative estimate of drug-likeness (QED) is 0.448. The Morgan fingerprint density at radius 2 is 2.00 bits per heavy atom. The Balaban J connectivity index is 1.34. The van der Waals surface area contributed by atoms with Crippen molar-refractivity contribution < 1.29 is 14.6 Å². The predicted molar refractivity (Wildman–Crippen MR) is 138 cm³/mol. The molecule has 2 fully saturated rings. The molecule has 1 saturated heterocycles. The third-order valence-corrected chi connectivity index (χ3v) is 7.89. The second-order valence-corrected chi connectivity index (χ2v) is 10.3. The fourth-order valence-electron chi connectivity index (χ4n) is 5.74. The number of piperidine rings is 1. The fourth-order valence-corrected chi connectivity index (χ4v) is 6.02. The highest BCUT2D eigenvalue weighted by molar-refractivity contribution is 6.32. The summed E-state index contributed by atoms with van der Waals surface area (Å²) in [6.07, 6.45) is 4.34. The van der Waals surface area contributed by atoms with Gasteiger partial charge in [0.25, 0.3) is 0 Å². The normalized spacial score (nSPS) is 17.0. The van der Waals surface area contributed by atoms with E-state index in [0.29, 0.717) is 34.6 Å². The van der Waals surface area contributed by atoms with Gasteiger partial charge in [-0.2, -0.15) is 5.26 Å². The number of halogens is 1. The van der Waals surface area contributed by atoms with E-state index in [2.05, 4.69) is 26.5 Å². The second-order valence-electron chi connectivity index (χ2n) is 9.93. The lowest BCUT2D eigenvalue weighted by molar-refractivity contribution is -0.140. The van der Waals surface area contributed by atoms with Gasteiger partial charge in [-0.25, -0.2) is 0 Å².